The Balaban J connectivity index is 1.59. The first-order valence-electron chi connectivity index (χ1n) is 7.06. The summed E-state index contributed by atoms with van der Waals surface area (Å²) in [5.41, 5.74) is 0.252. The van der Waals surface area contributed by atoms with Crippen LogP contribution in [0.3, 0.4) is 0 Å². The van der Waals surface area contributed by atoms with Crippen LogP contribution in [0.4, 0.5) is 0 Å². The highest BCUT2D eigenvalue weighted by Gasteiger charge is 2.58. The summed E-state index contributed by atoms with van der Waals surface area (Å²) in [5.74, 6) is -1.29. The maximum atomic E-state index is 12.0. The molecule has 2 aliphatic carbocycles. The molecule has 20 heavy (non-hydrogen) atoms. The van der Waals surface area contributed by atoms with Crippen molar-refractivity contribution in [2.24, 2.45) is 5.41 Å². The largest absolute Gasteiger partial charge is 0.480 e. The van der Waals surface area contributed by atoms with Crippen molar-refractivity contribution in [1.82, 2.24) is 5.32 Å². The van der Waals surface area contributed by atoms with Gasteiger partial charge in [0.15, 0.2) is 0 Å². The molecular formula is C16H19NO3. The molecule has 0 unspecified atom stereocenters. The number of hydrogen-bond acceptors (Lipinski definition) is 2. The second kappa shape index (κ2) is 4.33. The van der Waals surface area contributed by atoms with Crippen LogP contribution in [0.15, 0.2) is 30.3 Å². The van der Waals surface area contributed by atoms with E-state index in [1.54, 1.807) is 0 Å². The SMILES string of the molecule is CC1(c2ccccc2)CC(NC(=O)C2(C(=O)O)CC2)C1. The van der Waals surface area contributed by atoms with Crippen LogP contribution in [0.5, 0.6) is 0 Å². The number of aliphatic carboxylic acids is 1. The average Bonchev–Trinajstić information content (AvgIpc) is 3.19. The van der Waals surface area contributed by atoms with Gasteiger partial charge in [0.2, 0.25) is 5.91 Å². The summed E-state index contributed by atoms with van der Waals surface area (Å²) in [6, 6.07) is 10.4. The van der Waals surface area contributed by atoms with Gasteiger partial charge in [-0.15, -0.1) is 0 Å². The van der Waals surface area contributed by atoms with Crippen LogP contribution in [0, 0.1) is 5.41 Å². The van der Waals surface area contributed by atoms with Gasteiger partial charge in [-0.3, -0.25) is 9.59 Å². The van der Waals surface area contributed by atoms with Gasteiger partial charge in [0.1, 0.15) is 5.41 Å². The molecule has 1 amide bonds. The molecular weight excluding hydrogens is 254 g/mol. The van der Waals surface area contributed by atoms with Gasteiger partial charge in [-0.05, 0) is 36.7 Å². The Labute approximate surface area is 118 Å². The predicted molar refractivity (Wildman–Crippen MR) is 74.3 cm³/mol. The number of carbonyl (C=O) groups excluding carboxylic acids is 1. The molecule has 4 nitrogen and oxygen atoms in total. The molecule has 3 rings (SSSR count). The van der Waals surface area contributed by atoms with Crippen LogP contribution in [-0.2, 0) is 15.0 Å². The molecule has 106 valence electrons. The van der Waals surface area contributed by atoms with E-state index < -0.39 is 11.4 Å². The third-order valence-electron chi connectivity index (χ3n) is 4.79. The monoisotopic (exact) mass is 273 g/mol. The lowest BCUT2D eigenvalue weighted by molar-refractivity contribution is -0.149. The third kappa shape index (κ3) is 1.99. The first kappa shape index (κ1) is 13.2. The second-order valence-corrected chi connectivity index (χ2v) is 6.39. The molecule has 0 aromatic heterocycles. The maximum absolute atomic E-state index is 12.0. The van der Waals surface area contributed by atoms with E-state index in [9.17, 15) is 9.59 Å². The van der Waals surface area contributed by atoms with Crippen molar-refractivity contribution in [2.75, 3.05) is 0 Å². The molecule has 0 spiro atoms. The van der Waals surface area contributed by atoms with Gasteiger partial charge in [-0.1, -0.05) is 37.3 Å². The van der Waals surface area contributed by atoms with Crippen molar-refractivity contribution in [3.63, 3.8) is 0 Å². The molecule has 0 saturated heterocycles. The quantitative estimate of drug-likeness (QED) is 0.825. The van der Waals surface area contributed by atoms with E-state index in [2.05, 4.69) is 24.4 Å². The van der Waals surface area contributed by atoms with E-state index in [4.69, 9.17) is 5.11 Å². The van der Waals surface area contributed by atoms with Crippen molar-refractivity contribution in [1.29, 1.82) is 0 Å². The van der Waals surface area contributed by atoms with E-state index >= 15 is 0 Å². The van der Waals surface area contributed by atoms with Crippen LogP contribution >= 0.6 is 0 Å². The number of benzene rings is 1. The summed E-state index contributed by atoms with van der Waals surface area (Å²) in [5, 5.41) is 12.0. The minimum Gasteiger partial charge on any atom is -0.480 e. The van der Waals surface area contributed by atoms with Crippen molar-refractivity contribution < 1.29 is 14.7 Å². The number of rotatable bonds is 4. The summed E-state index contributed by atoms with van der Waals surface area (Å²) in [6.07, 6.45) is 2.69. The van der Waals surface area contributed by atoms with Crippen LogP contribution < -0.4 is 5.32 Å². The Morgan fingerprint density at radius 2 is 1.80 bits per heavy atom. The van der Waals surface area contributed by atoms with Crippen LogP contribution in [0.2, 0.25) is 0 Å². The van der Waals surface area contributed by atoms with Crippen LogP contribution in [0.1, 0.15) is 38.2 Å². The van der Waals surface area contributed by atoms with Gasteiger partial charge in [-0.25, -0.2) is 0 Å². The molecule has 2 N–H and O–H groups in total. The van der Waals surface area contributed by atoms with Gasteiger partial charge >= 0.3 is 5.97 Å². The van der Waals surface area contributed by atoms with Crippen molar-refractivity contribution in [3.05, 3.63) is 35.9 Å². The average molecular weight is 273 g/mol. The standard InChI is InChI=1S/C16H19NO3/c1-15(11-5-3-2-4-6-11)9-12(10-15)17-13(18)16(7-8-16)14(19)20/h2-6,12H,7-10H2,1H3,(H,17,18)(H,19,20). The van der Waals surface area contributed by atoms with E-state index in [1.165, 1.54) is 5.56 Å². The summed E-state index contributed by atoms with van der Waals surface area (Å²) in [4.78, 5) is 23.1. The second-order valence-electron chi connectivity index (χ2n) is 6.39. The third-order valence-corrected chi connectivity index (χ3v) is 4.79. The lowest BCUT2D eigenvalue weighted by atomic mass is 9.63. The zero-order valence-electron chi connectivity index (χ0n) is 11.6. The smallest absolute Gasteiger partial charge is 0.319 e. The molecule has 1 aromatic rings. The predicted octanol–water partition coefficient (Wildman–Crippen LogP) is 2.09. The van der Waals surface area contributed by atoms with Crippen molar-refractivity contribution >= 4 is 11.9 Å². The van der Waals surface area contributed by atoms with Gasteiger partial charge in [0.05, 0.1) is 0 Å². The molecule has 4 heteroatoms. The topological polar surface area (TPSA) is 66.4 Å². The molecule has 2 saturated carbocycles. The Morgan fingerprint density at radius 3 is 2.30 bits per heavy atom. The summed E-state index contributed by atoms with van der Waals surface area (Å²) in [7, 11) is 0. The van der Waals surface area contributed by atoms with Gasteiger partial charge in [-0.2, -0.15) is 0 Å². The van der Waals surface area contributed by atoms with Crippen LogP contribution in [-0.4, -0.2) is 23.0 Å². The maximum Gasteiger partial charge on any atom is 0.319 e. The number of amides is 1. The Kier molecular flexibility index (Phi) is 2.85. The Hall–Kier alpha value is -1.84. The van der Waals surface area contributed by atoms with Crippen molar-refractivity contribution in [3.8, 4) is 0 Å². The van der Waals surface area contributed by atoms with Crippen LogP contribution in [0.25, 0.3) is 0 Å². The van der Waals surface area contributed by atoms with Crippen molar-refractivity contribution in [2.45, 2.75) is 44.1 Å². The fourth-order valence-electron chi connectivity index (χ4n) is 3.19. The molecule has 2 fully saturated rings. The molecule has 2 aliphatic rings. The zero-order chi connectivity index (χ0) is 14.4. The fraction of sp³-hybridized carbons (Fsp3) is 0.500. The number of hydrogen-bond donors (Lipinski definition) is 2. The minimum atomic E-state index is -1.13. The van der Waals surface area contributed by atoms with E-state index in [-0.39, 0.29) is 17.4 Å². The number of carboxylic acids is 1. The normalized spacial score (nSPS) is 30.1. The summed E-state index contributed by atoms with van der Waals surface area (Å²) >= 11 is 0. The highest BCUT2D eigenvalue weighted by Crippen LogP contribution is 2.48. The first-order chi connectivity index (χ1) is 9.46. The first-order valence-corrected chi connectivity index (χ1v) is 7.06. The van der Waals surface area contributed by atoms with Gasteiger partial charge in [0, 0.05) is 6.04 Å². The molecule has 1 aromatic carbocycles. The highest BCUT2D eigenvalue weighted by molar-refractivity contribution is 6.05. The molecule has 0 heterocycles. The van der Waals surface area contributed by atoms with Gasteiger partial charge in [0.25, 0.3) is 0 Å². The van der Waals surface area contributed by atoms with Gasteiger partial charge < -0.3 is 10.4 Å². The summed E-state index contributed by atoms with van der Waals surface area (Å²) < 4.78 is 0. The molecule has 0 radical (unpaired) electrons. The number of carbonyl (C=O) groups is 2. The number of carboxylic acid groups (broad SMARTS) is 1. The number of nitrogens with one attached hydrogen (secondary N) is 1. The molecule has 0 bridgehead atoms. The lowest BCUT2D eigenvalue weighted by Crippen LogP contribution is -2.54. The fourth-order valence-corrected chi connectivity index (χ4v) is 3.19. The molecule has 0 aliphatic heterocycles. The lowest BCUT2D eigenvalue weighted by Gasteiger charge is -2.46. The minimum absolute atomic E-state index is 0.0964. The highest BCUT2D eigenvalue weighted by atomic mass is 16.4. The van der Waals surface area contributed by atoms with E-state index in [0.29, 0.717) is 12.8 Å². The molecule has 0 atom stereocenters. The Morgan fingerprint density at radius 1 is 1.20 bits per heavy atom. The van der Waals surface area contributed by atoms with E-state index in [1.807, 2.05) is 18.2 Å². The van der Waals surface area contributed by atoms with E-state index in [0.717, 1.165) is 12.8 Å². The summed E-state index contributed by atoms with van der Waals surface area (Å²) in [6.45, 7) is 2.19. The zero-order valence-corrected chi connectivity index (χ0v) is 11.6. The Bertz CT molecular complexity index is 542.